The maximum atomic E-state index is 9.47. The molecule has 0 aromatic heterocycles. The molecule has 1 unspecified atom stereocenters. The summed E-state index contributed by atoms with van der Waals surface area (Å²) in [6.07, 6.45) is 1.89. The molecule has 0 aliphatic rings. The van der Waals surface area contributed by atoms with Crippen LogP contribution in [0.5, 0.6) is 11.5 Å². The number of hydrogen-bond donors (Lipinski definition) is 2. The second kappa shape index (κ2) is 4.17. The Balaban J connectivity index is 2.81. The van der Waals surface area contributed by atoms with Gasteiger partial charge in [-0.15, -0.1) is 0 Å². The SMILES string of the molecule is CCC(C)Cc1cc(O)ccc1O. The van der Waals surface area contributed by atoms with Gasteiger partial charge in [-0.1, -0.05) is 20.3 Å². The van der Waals surface area contributed by atoms with Gasteiger partial charge in [0, 0.05) is 0 Å². The van der Waals surface area contributed by atoms with E-state index < -0.39 is 0 Å². The topological polar surface area (TPSA) is 40.5 Å². The summed E-state index contributed by atoms with van der Waals surface area (Å²) < 4.78 is 0. The molecule has 1 aromatic rings. The molecular weight excluding hydrogens is 164 g/mol. The van der Waals surface area contributed by atoms with Crippen LogP contribution >= 0.6 is 0 Å². The van der Waals surface area contributed by atoms with E-state index in [1.165, 1.54) is 12.1 Å². The summed E-state index contributed by atoms with van der Waals surface area (Å²) in [5.74, 6) is 1.03. The van der Waals surface area contributed by atoms with E-state index in [-0.39, 0.29) is 11.5 Å². The van der Waals surface area contributed by atoms with E-state index in [0.29, 0.717) is 5.92 Å². The number of rotatable bonds is 3. The molecule has 1 rings (SSSR count). The second-order valence-electron chi connectivity index (χ2n) is 3.53. The van der Waals surface area contributed by atoms with Crippen molar-refractivity contribution in [2.45, 2.75) is 26.7 Å². The Labute approximate surface area is 78.8 Å². The van der Waals surface area contributed by atoms with Crippen molar-refractivity contribution in [1.29, 1.82) is 0 Å². The highest BCUT2D eigenvalue weighted by atomic mass is 16.3. The fourth-order valence-electron chi connectivity index (χ4n) is 1.26. The van der Waals surface area contributed by atoms with Crippen molar-refractivity contribution in [1.82, 2.24) is 0 Å². The molecule has 0 radical (unpaired) electrons. The van der Waals surface area contributed by atoms with Gasteiger partial charge in [0.1, 0.15) is 11.5 Å². The summed E-state index contributed by atoms with van der Waals surface area (Å²) in [7, 11) is 0. The molecule has 1 atom stereocenters. The lowest BCUT2D eigenvalue weighted by Gasteiger charge is -2.09. The van der Waals surface area contributed by atoms with Crippen molar-refractivity contribution in [2.24, 2.45) is 5.92 Å². The Morgan fingerprint density at radius 1 is 1.31 bits per heavy atom. The average Bonchev–Trinajstić information content (AvgIpc) is 2.11. The zero-order valence-electron chi connectivity index (χ0n) is 8.12. The maximum absolute atomic E-state index is 9.47. The maximum Gasteiger partial charge on any atom is 0.119 e. The third-order valence-electron chi connectivity index (χ3n) is 2.33. The number of benzene rings is 1. The zero-order valence-corrected chi connectivity index (χ0v) is 8.12. The molecule has 13 heavy (non-hydrogen) atoms. The fourth-order valence-corrected chi connectivity index (χ4v) is 1.26. The summed E-state index contributed by atoms with van der Waals surface area (Å²) in [5.41, 5.74) is 0.828. The first-order valence-corrected chi connectivity index (χ1v) is 4.64. The minimum absolute atomic E-state index is 0.219. The van der Waals surface area contributed by atoms with Gasteiger partial charge in [0.25, 0.3) is 0 Å². The Morgan fingerprint density at radius 3 is 2.62 bits per heavy atom. The standard InChI is InChI=1S/C11H16O2/c1-3-8(2)6-9-7-10(12)4-5-11(9)13/h4-5,7-8,12-13H,3,6H2,1-2H3. The van der Waals surface area contributed by atoms with Crippen LogP contribution in [0.3, 0.4) is 0 Å². The summed E-state index contributed by atoms with van der Waals surface area (Å²) in [5, 5.41) is 18.7. The molecular formula is C11H16O2. The predicted molar refractivity (Wildman–Crippen MR) is 52.9 cm³/mol. The second-order valence-corrected chi connectivity index (χ2v) is 3.53. The molecule has 0 saturated heterocycles. The van der Waals surface area contributed by atoms with Crippen molar-refractivity contribution >= 4 is 0 Å². The highest BCUT2D eigenvalue weighted by Crippen LogP contribution is 2.25. The minimum Gasteiger partial charge on any atom is -0.508 e. The van der Waals surface area contributed by atoms with Crippen LogP contribution < -0.4 is 0 Å². The van der Waals surface area contributed by atoms with E-state index in [4.69, 9.17) is 0 Å². The molecule has 0 heterocycles. The molecule has 0 spiro atoms. The van der Waals surface area contributed by atoms with E-state index >= 15 is 0 Å². The number of phenols is 2. The Kier molecular flexibility index (Phi) is 3.18. The van der Waals surface area contributed by atoms with Gasteiger partial charge in [-0.3, -0.25) is 0 Å². The predicted octanol–water partition coefficient (Wildman–Crippen LogP) is 2.69. The quantitative estimate of drug-likeness (QED) is 0.702. The normalized spacial score (nSPS) is 12.8. The molecule has 1 aromatic carbocycles. The van der Waals surface area contributed by atoms with Gasteiger partial charge in [0.05, 0.1) is 0 Å². The molecule has 2 heteroatoms. The van der Waals surface area contributed by atoms with Gasteiger partial charge in [0.15, 0.2) is 0 Å². The summed E-state index contributed by atoms with van der Waals surface area (Å²) >= 11 is 0. The smallest absolute Gasteiger partial charge is 0.119 e. The molecule has 0 bridgehead atoms. The molecule has 0 saturated carbocycles. The van der Waals surface area contributed by atoms with E-state index in [2.05, 4.69) is 13.8 Å². The molecule has 2 N–H and O–H groups in total. The average molecular weight is 180 g/mol. The monoisotopic (exact) mass is 180 g/mol. The highest BCUT2D eigenvalue weighted by molar-refractivity contribution is 5.38. The van der Waals surface area contributed by atoms with E-state index in [1.54, 1.807) is 6.07 Å². The lowest BCUT2D eigenvalue weighted by Crippen LogP contribution is -1.97. The molecule has 2 nitrogen and oxygen atoms in total. The van der Waals surface area contributed by atoms with Gasteiger partial charge in [-0.05, 0) is 36.1 Å². The van der Waals surface area contributed by atoms with Gasteiger partial charge in [-0.2, -0.15) is 0 Å². The van der Waals surface area contributed by atoms with Crippen LogP contribution in [-0.2, 0) is 6.42 Å². The number of hydrogen-bond acceptors (Lipinski definition) is 2. The van der Waals surface area contributed by atoms with Crippen LogP contribution in [0.2, 0.25) is 0 Å². The first-order chi connectivity index (χ1) is 6.13. The summed E-state index contributed by atoms with van der Waals surface area (Å²) in [4.78, 5) is 0. The van der Waals surface area contributed by atoms with Crippen LogP contribution in [-0.4, -0.2) is 10.2 Å². The third kappa shape index (κ3) is 2.65. The Morgan fingerprint density at radius 2 is 2.00 bits per heavy atom. The number of phenolic OH excluding ortho intramolecular Hbond substituents is 2. The van der Waals surface area contributed by atoms with Crippen LogP contribution in [0.4, 0.5) is 0 Å². The number of aromatic hydroxyl groups is 2. The Bertz CT molecular complexity index is 281. The van der Waals surface area contributed by atoms with E-state index in [9.17, 15) is 10.2 Å². The van der Waals surface area contributed by atoms with Gasteiger partial charge in [0.2, 0.25) is 0 Å². The van der Waals surface area contributed by atoms with Gasteiger partial charge < -0.3 is 10.2 Å². The first kappa shape index (κ1) is 9.90. The fraction of sp³-hybridized carbons (Fsp3) is 0.455. The molecule has 0 aliphatic heterocycles. The van der Waals surface area contributed by atoms with Crippen LogP contribution in [0.25, 0.3) is 0 Å². The first-order valence-electron chi connectivity index (χ1n) is 4.64. The van der Waals surface area contributed by atoms with Crippen LogP contribution in [0.1, 0.15) is 25.8 Å². The van der Waals surface area contributed by atoms with Crippen molar-refractivity contribution in [3.05, 3.63) is 23.8 Å². The Hall–Kier alpha value is -1.18. The van der Waals surface area contributed by atoms with E-state index in [1.807, 2.05) is 0 Å². The summed E-state index contributed by atoms with van der Waals surface area (Å²) in [6, 6.07) is 4.66. The van der Waals surface area contributed by atoms with Gasteiger partial charge >= 0.3 is 0 Å². The minimum atomic E-state index is 0.219. The van der Waals surface area contributed by atoms with Crippen molar-refractivity contribution in [2.75, 3.05) is 0 Å². The molecule has 0 fully saturated rings. The van der Waals surface area contributed by atoms with Crippen LogP contribution in [0, 0.1) is 5.92 Å². The third-order valence-corrected chi connectivity index (χ3v) is 2.33. The molecule has 0 aliphatic carbocycles. The van der Waals surface area contributed by atoms with E-state index in [0.717, 1.165) is 18.4 Å². The molecule has 0 amide bonds. The van der Waals surface area contributed by atoms with Crippen molar-refractivity contribution < 1.29 is 10.2 Å². The highest BCUT2D eigenvalue weighted by Gasteiger charge is 2.06. The van der Waals surface area contributed by atoms with Crippen LogP contribution in [0.15, 0.2) is 18.2 Å². The largest absolute Gasteiger partial charge is 0.508 e. The summed E-state index contributed by atoms with van der Waals surface area (Å²) in [6.45, 7) is 4.24. The zero-order chi connectivity index (χ0) is 9.84. The van der Waals surface area contributed by atoms with Gasteiger partial charge in [-0.25, -0.2) is 0 Å². The lowest BCUT2D eigenvalue weighted by atomic mass is 9.98. The van der Waals surface area contributed by atoms with Crippen molar-refractivity contribution in [3.63, 3.8) is 0 Å². The molecule has 72 valence electrons. The van der Waals surface area contributed by atoms with Crippen molar-refractivity contribution in [3.8, 4) is 11.5 Å². The lowest BCUT2D eigenvalue weighted by molar-refractivity contribution is 0.445.